The van der Waals surface area contributed by atoms with Gasteiger partial charge in [-0.25, -0.2) is 0 Å². The minimum absolute atomic E-state index is 0.453. The Morgan fingerprint density at radius 2 is 1.84 bits per heavy atom. The molecule has 0 amide bonds. The van der Waals surface area contributed by atoms with E-state index < -0.39 is 0 Å². The van der Waals surface area contributed by atoms with Crippen molar-refractivity contribution in [3.05, 3.63) is 35.9 Å². The highest BCUT2D eigenvalue weighted by Gasteiger charge is 2.19. The first kappa shape index (κ1) is 21.6. The number of aromatic nitrogens is 2. The molecule has 1 aromatic carbocycles. The minimum Gasteiger partial charge on any atom is -0.481 e. The third-order valence-corrected chi connectivity index (χ3v) is 6.21. The molecule has 2 aliphatic rings. The van der Waals surface area contributed by atoms with Crippen LogP contribution in [0.1, 0.15) is 38.2 Å². The number of nitrogens with one attached hydrogen (secondary N) is 2. The van der Waals surface area contributed by atoms with Gasteiger partial charge in [0.05, 0.1) is 7.11 Å². The summed E-state index contributed by atoms with van der Waals surface area (Å²) in [6, 6.07) is 10.6. The third-order valence-electron chi connectivity index (χ3n) is 5.97. The molecule has 0 radical (unpaired) electrons. The molecule has 166 valence electrons. The zero-order chi connectivity index (χ0) is 21.6. The fourth-order valence-electron chi connectivity index (χ4n) is 4.26. The number of hydrogen-bond acceptors (Lipinski definition) is 6. The summed E-state index contributed by atoms with van der Waals surface area (Å²) < 4.78 is 5.39. The second-order valence-electron chi connectivity index (χ2n) is 8.45. The van der Waals surface area contributed by atoms with E-state index in [-0.39, 0.29) is 0 Å². The summed E-state index contributed by atoms with van der Waals surface area (Å²) in [6.07, 6.45) is 5.01. The lowest BCUT2D eigenvalue weighted by molar-refractivity contribution is 0.396. The van der Waals surface area contributed by atoms with Gasteiger partial charge in [-0.3, -0.25) is 0 Å². The maximum absolute atomic E-state index is 5.48. The minimum atomic E-state index is 0.453. The first-order chi connectivity index (χ1) is 15.1. The van der Waals surface area contributed by atoms with Crippen LogP contribution in [-0.2, 0) is 6.54 Å². The fraction of sp³-hybridized carbons (Fsp3) is 0.522. The molecule has 2 saturated heterocycles. The Kier molecular flexibility index (Phi) is 7.06. The number of anilines is 3. The molecule has 7 nitrogen and oxygen atoms in total. The summed E-state index contributed by atoms with van der Waals surface area (Å²) in [7, 11) is 1.62. The fourth-order valence-corrected chi connectivity index (χ4v) is 4.42. The molecule has 0 aliphatic carbocycles. The summed E-state index contributed by atoms with van der Waals surface area (Å²) in [6.45, 7) is 7.23. The summed E-state index contributed by atoms with van der Waals surface area (Å²) in [4.78, 5) is 13.8. The number of rotatable bonds is 6. The van der Waals surface area contributed by atoms with Gasteiger partial charge in [0.1, 0.15) is 5.82 Å². The molecule has 1 aromatic heterocycles. The molecule has 2 N–H and O–H groups in total. The smallest absolute Gasteiger partial charge is 0.234 e. The molecular weight excluding hydrogens is 408 g/mol. The molecule has 4 rings (SSSR count). The number of ether oxygens (including phenoxy) is 1. The van der Waals surface area contributed by atoms with Crippen LogP contribution < -0.4 is 25.2 Å². The molecule has 0 spiro atoms. The van der Waals surface area contributed by atoms with Crippen LogP contribution in [-0.4, -0.2) is 48.4 Å². The highest BCUT2D eigenvalue weighted by Crippen LogP contribution is 2.25. The van der Waals surface area contributed by atoms with Gasteiger partial charge in [-0.1, -0.05) is 19.1 Å². The van der Waals surface area contributed by atoms with Crippen molar-refractivity contribution < 1.29 is 4.74 Å². The Morgan fingerprint density at radius 3 is 2.55 bits per heavy atom. The maximum atomic E-state index is 5.48. The topological polar surface area (TPSA) is 65.6 Å². The lowest BCUT2D eigenvalue weighted by Crippen LogP contribution is -2.35. The monoisotopic (exact) mass is 440 g/mol. The zero-order valence-corrected chi connectivity index (χ0v) is 19.2. The Morgan fingerprint density at radius 1 is 1.10 bits per heavy atom. The zero-order valence-electron chi connectivity index (χ0n) is 18.4. The molecule has 3 heterocycles. The van der Waals surface area contributed by atoms with Crippen molar-refractivity contribution in [2.75, 3.05) is 48.4 Å². The number of benzene rings is 1. The Balaban J connectivity index is 1.35. The van der Waals surface area contributed by atoms with Gasteiger partial charge in [0, 0.05) is 44.5 Å². The summed E-state index contributed by atoms with van der Waals surface area (Å²) in [5.41, 5.74) is 2.48. The first-order valence-corrected chi connectivity index (χ1v) is 11.6. The standard InChI is InChI=1S/C23H32N6OS/c1-17-6-5-13-29(16-17)20-14-21(30-2)26-22(25-20)27-23(31)24-15-18-7-9-19(10-8-18)28-11-3-4-12-28/h7-10,14,17H,3-6,11-13,15-16H2,1-2H3,(H2,24,25,26,27,31)/t17-/m0/s1. The normalized spacial score (nSPS) is 18.7. The van der Waals surface area contributed by atoms with Crippen molar-refractivity contribution in [1.29, 1.82) is 0 Å². The number of hydrogen-bond donors (Lipinski definition) is 2. The average molecular weight is 441 g/mol. The van der Waals surface area contributed by atoms with Crippen molar-refractivity contribution >= 4 is 34.8 Å². The number of methoxy groups -OCH3 is 1. The van der Waals surface area contributed by atoms with Crippen LogP contribution in [0.2, 0.25) is 0 Å². The van der Waals surface area contributed by atoms with Gasteiger partial charge in [-0.2, -0.15) is 9.97 Å². The highest BCUT2D eigenvalue weighted by molar-refractivity contribution is 7.80. The average Bonchev–Trinajstić information content (AvgIpc) is 3.33. The summed E-state index contributed by atoms with van der Waals surface area (Å²) >= 11 is 5.48. The van der Waals surface area contributed by atoms with Crippen molar-refractivity contribution in [2.45, 2.75) is 39.2 Å². The van der Waals surface area contributed by atoms with E-state index in [0.717, 1.165) is 32.0 Å². The molecule has 2 aromatic rings. The Labute approximate surface area is 190 Å². The van der Waals surface area contributed by atoms with E-state index in [4.69, 9.17) is 17.0 Å². The lowest BCUT2D eigenvalue weighted by atomic mass is 10.0. The van der Waals surface area contributed by atoms with Gasteiger partial charge < -0.3 is 25.2 Å². The molecule has 8 heteroatoms. The lowest BCUT2D eigenvalue weighted by Gasteiger charge is -2.32. The van der Waals surface area contributed by atoms with E-state index >= 15 is 0 Å². The van der Waals surface area contributed by atoms with Crippen molar-refractivity contribution in [1.82, 2.24) is 15.3 Å². The summed E-state index contributed by atoms with van der Waals surface area (Å²) in [5.74, 6) is 2.52. The van der Waals surface area contributed by atoms with Crippen LogP contribution in [0.3, 0.4) is 0 Å². The molecule has 0 unspecified atom stereocenters. The van der Waals surface area contributed by atoms with Crippen LogP contribution in [0.25, 0.3) is 0 Å². The van der Waals surface area contributed by atoms with Gasteiger partial charge in [0.2, 0.25) is 11.8 Å². The summed E-state index contributed by atoms with van der Waals surface area (Å²) in [5, 5.41) is 6.86. The predicted molar refractivity (Wildman–Crippen MR) is 130 cm³/mol. The predicted octanol–water partition coefficient (Wildman–Crippen LogP) is 3.81. The molecule has 1 atom stereocenters. The van der Waals surface area contributed by atoms with Crippen LogP contribution >= 0.6 is 12.2 Å². The largest absolute Gasteiger partial charge is 0.481 e. The van der Waals surface area contributed by atoms with Crippen LogP contribution in [0, 0.1) is 5.92 Å². The molecule has 2 aliphatic heterocycles. The maximum Gasteiger partial charge on any atom is 0.234 e. The Hall–Kier alpha value is -2.61. The van der Waals surface area contributed by atoms with Gasteiger partial charge in [0.25, 0.3) is 0 Å². The van der Waals surface area contributed by atoms with Crippen molar-refractivity contribution in [3.8, 4) is 5.88 Å². The first-order valence-electron chi connectivity index (χ1n) is 11.2. The van der Waals surface area contributed by atoms with Gasteiger partial charge in [-0.15, -0.1) is 0 Å². The van der Waals surface area contributed by atoms with Crippen LogP contribution in [0.4, 0.5) is 17.5 Å². The molecule has 0 saturated carbocycles. The number of piperidine rings is 1. The number of nitrogens with zero attached hydrogens (tertiary/aromatic N) is 4. The van der Waals surface area contributed by atoms with E-state index in [0.29, 0.717) is 29.4 Å². The van der Waals surface area contributed by atoms with Crippen LogP contribution in [0.5, 0.6) is 5.88 Å². The van der Waals surface area contributed by atoms with E-state index in [1.54, 1.807) is 7.11 Å². The van der Waals surface area contributed by atoms with Crippen molar-refractivity contribution in [3.63, 3.8) is 0 Å². The SMILES string of the molecule is COc1cc(N2CCC[C@H](C)C2)nc(NC(=S)NCc2ccc(N3CCCC3)cc2)n1. The molecular formula is C23H32N6OS. The van der Waals surface area contributed by atoms with Crippen LogP contribution in [0.15, 0.2) is 30.3 Å². The number of thiocarbonyl (C=S) groups is 1. The van der Waals surface area contributed by atoms with Gasteiger partial charge >= 0.3 is 0 Å². The second-order valence-corrected chi connectivity index (χ2v) is 8.86. The van der Waals surface area contributed by atoms with E-state index in [2.05, 4.69) is 61.6 Å². The van der Waals surface area contributed by atoms with E-state index in [9.17, 15) is 0 Å². The third kappa shape index (κ3) is 5.76. The second kappa shape index (κ2) is 10.1. The Bertz CT molecular complexity index is 884. The quantitative estimate of drug-likeness (QED) is 0.658. The molecule has 0 bridgehead atoms. The van der Waals surface area contributed by atoms with E-state index in [1.807, 2.05) is 6.07 Å². The molecule has 2 fully saturated rings. The van der Waals surface area contributed by atoms with E-state index in [1.165, 1.54) is 36.9 Å². The highest BCUT2D eigenvalue weighted by atomic mass is 32.1. The van der Waals surface area contributed by atoms with Gasteiger partial charge in [-0.05, 0) is 61.5 Å². The van der Waals surface area contributed by atoms with Crippen molar-refractivity contribution in [2.24, 2.45) is 5.92 Å². The van der Waals surface area contributed by atoms with Gasteiger partial charge in [0.15, 0.2) is 5.11 Å². The molecule has 31 heavy (non-hydrogen) atoms.